The molecule has 0 N–H and O–H groups in total. The van der Waals surface area contributed by atoms with E-state index in [0.29, 0.717) is 38.1 Å². The highest BCUT2D eigenvalue weighted by atomic mass is 19.1. The summed E-state index contributed by atoms with van der Waals surface area (Å²) >= 11 is 0. The highest BCUT2D eigenvalue weighted by molar-refractivity contribution is 6.20. The van der Waals surface area contributed by atoms with Gasteiger partial charge in [0.05, 0.1) is 43.0 Å². The van der Waals surface area contributed by atoms with Crippen LogP contribution in [0.3, 0.4) is 0 Å². The number of imidazole rings is 1. The number of hydrogen-bond acceptors (Lipinski definition) is 8. The molecule has 9 atom stereocenters. The van der Waals surface area contributed by atoms with Crippen molar-refractivity contribution in [3.63, 3.8) is 0 Å². The Bertz CT molecular complexity index is 1250. The van der Waals surface area contributed by atoms with E-state index in [2.05, 4.69) is 9.88 Å². The van der Waals surface area contributed by atoms with Crippen LogP contribution >= 0.6 is 0 Å². The number of nitro groups is 1. The van der Waals surface area contributed by atoms with Crippen molar-refractivity contribution in [2.45, 2.75) is 88.4 Å². The fourth-order valence-corrected chi connectivity index (χ4v) is 8.58. The van der Waals surface area contributed by atoms with Gasteiger partial charge in [0.1, 0.15) is 18.0 Å². The van der Waals surface area contributed by atoms with Gasteiger partial charge in [-0.2, -0.15) is 0 Å². The first-order chi connectivity index (χ1) is 19.3. The Labute approximate surface area is 231 Å². The SMILES string of the molecule is Cc1c([N+](=O)[O-])ncn1C1C(F)CC2C(=O)C(C(=O)N3CCOCC3)=CN3C4CC5CCCCC5CC4OC1C23. The van der Waals surface area contributed by atoms with Crippen LogP contribution in [0.2, 0.25) is 0 Å². The Morgan fingerprint density at radius 3 is 2.55 bits per heavy atom. The van der Waals surface area contributed by atoms with Crippen LogP contribution in [-0.2, 0) is 19.1 Å². The lowest BCUT2D eigenvalue weighted by Gasteiger charge is -2.61. The van der Waals surface area contributed by atoms with E-state index in [1.807, 2.05) is 0 Å². The van der Waals surface area contributed by atoms with Crippen LogP contribution in [-0.4, -0.2) is 92.7 Å². The number of nitrogens with zero attached hydrogens (tertiary/aromatic N) is 5. The van der Waals surface area contributed by atoms with Crippen molar-refractivity contribution < 1.29 is 28.4 Å². The molecule has 2 saturated heterocycles. The summed E-state index contributed by atoms with van der Waals surface area (Å²) < 4.78 is 30.0. The number of rotatable bonds is 3. The molecule has 9 unspecified atom stereocenters. The van der Waals surface area contributed by atoms with Crippen molar-refractivity contribution >= 4 is 17.5 Å². The third-order valence-corrected chi connectivity index (χ3v) is 10.5. The zero-order valence-corrected chi connectivity index (χ0v) is 22.7. The van der Waals surface area contributed by atoms with Crippen molar-refractivity contribution in [3.05, 3.63) is 33.9 Å². The van der Waals surface area contributed by atoms with Gasteiger partial charge in [0, 0.05) is 25.2 Å². The van der Waals surface area contributed by atoms with Gasteiger partial charge in [-0.05, 0) is 47.9 Å². The van der Waals surface area contributed by atoms with Gasteiger partial charge in [0.25, 0.3) is 5.91 Å². The van der Waals surface area contributed by atoms with Gasteiger partial charge in [0.15, 0.2) is 5.78 Å². The van der Waals surface area contributed by atoms with E-state index in [1.54, 1.807) is 18.0 Å². The van der Waals surface area contributed by atoms with Crippen LogP contribution in [0.15, 0.2) is 18.1 Å². The number of hydrogen-bond donors (Lipinski definition) is 0. The summed E-state index contributed by atoms with van der Waals surface area (Å²) in [5.41, 5.74) is 0.402. The van der Waals surface area contributed by atoms with Crippen LogP contribution in [0.5, 0.6) is 0 Å². The molecule has 0 bridgehead atoms. The van der Waals surface area contributed by atoms with E-state index < -0.39 is 35.2 Å². The average molecular weight is 558 g/mol. The number of amides is 1. The molecule has 40 heavy (non-hydrogen) atoms. The maximum Gasteiger partial charge on any atom is 0.384 e. The zero-order chi connectivity index (χ0) is 27.7. The molecule has 3 aliphatic carbocycles. The Morgan fingerprint density at radius 2 is 1.85 bits per heavy atom. The topological polar surface area (TPSA) is 120 Å². The number of fused-ring (bicyclic) bond motifs is 3. The first kappa shape index (κ1) is 26.1. The second kappa shape index (κ2) is 9.90. The maximum atomic E-state index is 16.2. The van der Waals surface area contributed by atoms with Crippen molar-refractivity contribution in [1.29, 1.82) is 0 Å². The van der Waals surface area contributed by atoms with Gasteiger partial charge in [-0.1, -0.05) is 25.7 Å². The van der Waals surface area contributed by atoms with Crippen LogP contribution in [0.4, 0.5) is 10.2 Å². The summed E-state index contributed by atoms with van der Waals surface area (Å²) in [4.78, 5) is 46.3. The minimum Gasteiger partial charge on any atom is -0.378 e. The van der Waals surface area contributed by atoms with Gasteiger partial charge in [-0.15, -0.1) is 0 Å². The molecule has 11 nitrogen and oxygen atoms in total. The zero-order valence-electron chi connectivity index (χ0n) is 22.7. The van der Waals surface area contributed by atoms with E-state index in [0.717, 1.165) is 19.3 Å². The van der Waals surface area contributed by atoms with Crippen LogP contribution < -0.4 is 0 Å². The fourth-order valence-electron chi connectivity index (χ4n) is 8.58. The molecule has 216 valence electrons. The normalized spacial score (nSPS) is 39.1. The van der Waals surface area contributed by atoms with Crippen LogP contribution in [0.1, 0.15) is 56.7 Å². The lowest BCUT2D eigenvalue weighted by Crippen LogP contribution is -2.70. The minimum atomic E-state index is -1.50. The Morgan fingerprint density at radius 1 is 1.12 bits per heavy atom. The third-order valence-electron chi connectivity index (χ3n) is 10.5. The van der Waals surface area contributed by atoms with Gasteiger partial charge in [-0.3, -0.25) is 14.2 Å². The standard InChI is InChI=1S/C28H36FN5O6/c1-15-27(34(37)38)30-14-33(15)24-20(29)12-18-23-26(24)40-22-11-17-5-3-2-4-16(17)10-21(22)32(23)13-19(25(18)35)28(36)31-6-8-39-9-7-31/h13-14,16-18,20-24,26H,2-12H2,1H3. The first-order valence-electron chi connectivity index (χ1n) is 14.7. The number of halogens is 1. The van der Waals surface area contributed by atoms with E-state index >= 15 is 4.39 Å². The summed E-state index contributed by atoms with van der Waals surface area (Å²) in [7, 11) is 0. The minimum absolute atomic E-state index is 0.00118. The summed E-state index contributed by atoms with van der Waals surface area (Å²) in [5, 5.41) is 11.5. The number of aromatic nitrogens is 2. The Balaban J connectivity index is 1.30. The van der Waals surface area contributed by atoms with E-state index in [9.17, 15) is 19.7 Å². The lowest BCUT2D eigenvalue weighted by molar-refractivity contribution is -0.390. The quantitative estimate of drug-likeness (QED) is 0.316. The average Bonchev–Trinajstić information content (AvgIpc) is 3.34. The number of morpholine rings is 2. The van der Waals surface area contributed by atoms with Gasteiger partial charge in [-0.25, -0.2) is 4.39 Å². The largest absolute Gasteiger partial charge is 0.384 e. The molecule has 1 aromatic rings. The molecule has 3 aliphatic heterocycles. The third kappa shape index (κ3) is 4.00. The highest BCUT2D eigenvalue weighted by Crippen LogP contribution is 2.52. The molecular weight excluding hydrogens is 521 g/mol. The number of Topliss-reactive ketones (excluding diaryl/α,β-unsaturated/α-hetero) is 1. The number of alkyl halides is 1. The number of ether oxygens (including phenoxy) is 2. The first-order valence-corrected chi connectivity index (χ1v) is 14.7. The number of ketones is 1. The van der Waals surface area contributed by atoms with Crippen molar-refractivity contribution in [1.82, 2.24) is 19.4 Å². The molecule has 6 aliphatic rings. The van der Waals surface area contributed by atoms with Crippen molar-refractivity contribution in [3.8, 4) is 0 Å². The molecule has 12 heteroatoms. The van der Waals surface area contributed by atoms with Crippen molar-refractivity contribution in [2.75, 3.05) is 26.3 Å². The van der Waals surface area contributed by atoms with Gasteiger partial charge < -0.3 is 29.4 Å². The van der Waals surface area contributed by atoms with Gasteiger partial charge >= 0.3 is 5.82 Å². The number of carbonyl (C=O) groups excluding carboxylic acids is 2. The van der Waals surface area contributed by atoms with Crippen LogP contribution in [0.25, 0.3) is 0 Å². The van der Waals surface area contributed by atoms with Gasteiger partial charge in [0.2, 0.25) is 6.33 Å². The summed E-state index contributed by atoms with van der Waals surface area (Å²) in [6.07, 6.45) is 7.18. The molecule has 0 aromatic carbocycles. The monoisotopic (exact) mass is 557 g/mol. The van der Waals surface area contributed by atoms with E-state index in [-0.39, 0.29) is 47.3 Å². The van der Waals surface area contributed by atoms with E-state index in [1.165, 1.54) is 30.2 Å². The molecule has 1 amide bonds. The Hall–Kier alpha value is -2.86. The fraction of sp³-hybridized carbons (Fsp3) is 0.750. The summed E-state index contributed by atoms with van der Waals surface area (Å²) in [5.74, 6) is -0.552. The van der Waals surface area contributed by atoms with Crippen LogP contribution in [0, 0.1) is 34.8 Å². The summed E-state index contributed by atoms with van der Waals surface area (Å²) in [6.45, 7) is 3.28. The molecule has 1 aromatic heterocycles. The second-order valence-electron chi connectivity index (χ2n) is 12.4. The molecule has 4 heterocycles. The predicted octanol–water partition coefficient (Wildman–Crippen LogP) is 2.73. The van der Waals surface area contributed by atoms with E-state index in [4.69, 9.17) is 9.47 Å². The molecule has 5 fully saturated rings. The predicted molar refractivity (Wildman–Crippen MR) is 139 cm³/mol. The molecule has 0 radical (unpaired) electrons. The maximum absolute atomic E-state index is 16.2. The molecule has 3 saturated carbocycles. The molecule has 7 rings (SSSR count). The lowest BCUT2D eigenvalue weighted by atomic mass is 9.65. The highest BCUT2D eigenvalue weighted by Gasteiger charge is 2.60. The summed E-state index contributed by atoms with van der Waals surface area (Å²) in [6, 6.07) is -1.31. The van der Waals surface area contributed by atoms with Crippen molar-refractivity contribution in [2.24, 2.45) is 17.8 Å². The smallest absolute Gasteiger partial charge is 0.378 e. The second-order valence-corrected chi connectivity index (χ2v) is 12.4. The Kier molecular flexibility index (Phi) is 6.45. The molecular formula is C28H36FN5O6. The number of carbonyl (C=O) groups is 2. The molecule has 0 spiro atoms.